The molecule has 0 atom stereocenters. The van der Waals surface area contributed by atoms with Gasteiger partial charge in [-0.2, -0.15) is 0 Å². The van der Waals surface area contributed by atoms with Gasteiger partial charge in [-0.15, -0.1) is 0 Å². The second-order valence-corrected chi connectivity index (χ2v) is 7.86. The zero-order valence-electron chi connectivity index (χ0n) is 18.3. The van der Waals surface area contributed by atoms with Crippen molar-refractivity contribution < 1.29 is 33.4 Å². The number of imide groups is 1. The highest BCUT2D eigenvalue weighted by Crippen LogP contribution is 2.23. The second-order valence-electron chi connectivity index (χ2n) is 7.86. The van der Waals surface area contributed by atoms with Crippen LogP contribution in [0.3, 0.4) is 0 Å². The van der Waals surface area contributed by atoms with E-state index in [1.807, 2.05) is 13.8 Å². The molecule has 0 unspecified atom stereocenters. The Labute approximate surface area is 190 Å². The van der Waals surface area contributed by atoms with Crippen molar-refractivity contribution in [1.82, 2.24) is 0 Å². The molecule has 172 valence electrons. The molecular weight excluding hydrogens is 428 g/mol. The third-order valence-electron chi connectivity index (χ3n) is 4.70. The second kappa shape index (κ2) is 10.5. The fourth-order valence-electron chi connectivity index (χ4n) is 3.04. The molecule has 2 aromatic rings. The third-order valence-corrected chi connectivity index (χ3v) is 4.70. The molecule has 0 aliphatic carbocycles. The van der Waals surface area contributed by atoms with E-state index in [-0.39, 0.29) is 36.1 Å². The fourth-order valence-corrected chi connectivity index (χ4v) is 3.04. The van der Waals surface area contributed by atoms with Crippen LogP contribution in [0.2, 0.25) is 0 Å². The van der Waals surface area contributed by atoms with Crippen LogP contribution in [0.15, 0.2) is 48.5 Å². The molecule has 0 spiro atoms. The molecule has 1 saturated heterocycles. The maximum absolute atomic E-state index is 12.2. The van der Waals surface area contributed by atoms with Gasteiger partial charge in [0.15, 0.2) is 6.61 Å². The molecule has 0 saturated carbocycles. The number of nitrogens with zero attached hydrogens (tertiary/aromatic N) is 1. The average molecular weight is 452 g/mol. The van der Waals surface area contributed by atoms with E-state index >= 15 is 0 Å². The number of esters is 2. The van der Waals surface area contributed by atoms with Crippen LogP contribution in [-0.4, -0.2) is 42.9 Å². The van der Waals surface area contributed by atoms with Gasteiger partial charge in [0.1, 0.15) is 0 Å². The van der Waals surface area contributed by atoms with Gasteiger partial charge in [-0.1, -0.05) is 13.8 Å². The van der Waals surface area contributed by atoms with Gasteiger partial charge < -0.3 is 14.8 Å². The summed E-state index contributed by atoms with van der Waals surface area (Å²) in [5, 5.41) is 2.57. The lowest BCUT2D eigenvalue weighted by Crippen LogP contribution is -2.28. The molecule has 3 rings (SSSR count). The van der Waals surface area contributed by atoms with E-state index in [0.29, 0.717) is 23.5 Å². The first-order valence-corrected chi connectivity index (χ1v) is 10.4. The Kier molecular flexibility index (Phi) is 7.55. The van der Waals surface area contributed by atoms with Crippen molar-refractivity contribution in [2.24, 2.45) is 5.92 Å². The van der Waals surface area contributed by atoms with E-state index in [4.69, 9.17) is 9.47 Å². The standard InChI is InChI=1S/C24H24N2O7/c1-15(2)13-32-23(30)16-3-7-18(8-4-16)25-20(27)14-33-24(31)17-5-9-19(10-6-17)26-21(28)11-12-22(26)29/h3-10,15H,11-14H2,1-2H3,(H,25,27). The molecule has 9 heteroatoms. The van der Waals surface area contributed by atoms with Crippen LogP contribution < -0.4 is 10.2 Å². The maximum atomic E-state index is 12.2. The molecule has 1 aliphatic heterocycles. The number of carbonyl (C=O) groups excluding carboxylic acids is 5. The summed E-state index contributed by atoms with van der Waals surface area (Å²) in [5.41, 5.74) is 1.35. The van der Waals surface area contributed by atoms with Gasteiger partial charge in [0.2, 0.25) is 11.8 Å². The van der Waals surface area contributed by atoms with Crippen LogP contribution in [0.1, 0.15) is 47.4 Å². The Morgan fingerprint density at radius 3 is 1.91 bits per heavy atom. The highest BCUT2D eigenvalue weighted by Gasteiger charge is 2.30. The Bertz CT molecular complexity index is 1040. The van der Waals surface area contributed by atoms with Gasteiger partial charge in [-0.25, -0.2) is 9.59 Å². The lowest BCUT2D eigenvalue weighted by Gasteiger charge is -2.14. The monoisotopic (exact) mass is 452 g/mol. The molecule has 0 bridgehead atoms. The Morgan fingerprint density at radius 2 is 1.36 bits per heavy atom. The van der Waals surface area contributed by atoms with E-state index in [9.17, 15) is 24.0 Å². The zero-order chi connectivity index (χ0) is 24.0. The minimum Gasteiger partial charge on any atom is -0.462 e. The quantitative estimate of drug-likeness (QED) is 0.483. The molecular formula is C24H24N2O7. The molecule has 9 nitrogen and oxygen atoms in total. The largest absolute Gasteiger partial charge is 0.462 e. The first-order valence-electron chi connectivity index (χ1n) is 10.4. The highest BCUT2D eigenvalue weighted by atomic mass is 16.5. The van der Waals surface area contributed by atoms with Crippen molar-refractivity contribution in [3.63, 3.8) is 0 Å². The molecule has 2 aromatic carbocycles. The van der Waals surface area contributed by atoms with Gasteiger partial charge in [0, 0.05) is 18.5 Å². The van der Waals surface area contributed by atoms with E-state index in [2.05, 4.69) is 5.32 Å². The van der Waals surface area contributed by atoms with Crippen molar-refractivity contribution in [2.75, 3.05) is 23.4 Å². The maximum Gasteiger partial charge on any atom is 0.338 e. The lowest BCUT2D eigenvalue weighted by atomic mass is 10.2. The summed E-state index contributed by atoms with van der Waals surface area (Å²) in [6.07, 6.45) is 0.339. The topological polar surface area (TPSA) is 119 Å². The molecule has 33 heavy (non-hydrogen) atoms. The van der Waals surface area contributed by atoms with Crippen LogP contribution in [0.25, 0.3) is 0 Å². The number of hydrogen-bond acceptors (Lipinski definition) is 7. The molecule has 1 heterocycles. The fraction of sp³-hybridized carbons (Fsp3) is 0.292. The number of nitrogens with one attached hydrogen (secondary N) is 1. The number of hydrogen-bond donors (Lipinski definition) is 1. The van der Waals surface area contributed by atoms with Crippen molar-refractivity contribution in [2.45, 2.75) is 26.7 Å². The smallest absolute Gasteiger partial charge is 0.338 e. The summed E-state index contributed by atoms with van der Waals surface area (Å²) in [6.45, 7) is 3.68. The third kappa shape index (κ3) is 6.25. The van der Waals surface area contributed by atoms with E-state index in [1.54, 1.807) is 12.1 Å². The predicted molar refractivity (Wildman–Crippen MR) is 119 cm³/mol. The van der Waals surface area contributed by atoms with Crippen LogP contribution >= 0.6 is 0 Å². The van der Waals surface area contributed by atoms with Gasteiger partial charge in [0.25, 0.3) is 5.91 Å². The highest BCUT2D eigenvalue weighted by molar-refractivity contribution is 6.19. The predicted octanol–water partition coefficient (Wildman–Crippen LogP) is 2.95. The molecule has 3 amide bonds. The van der Waals surface area contributed by atoms with Crippen LogP contribution in [-0.2, 0) is 23.9 Å². The molecule has 1 N–H and O–H groups in total. The number of anilines is 2. The summed E-state index contributed by atoms with van der Waals surface area (Å²) >= 11 is 0. The summed E-state index contributed by atoms with van der Waals surface area (Å²) < 4.78 is 10.2. The summed E-state index contributed by atoms with van der Waals surface area (Å²) in [5.74, 6) is -2.06. The normalized spacial score (nSPS) is 13.2. The minimum atomic E-state index is -0.723. The van der Waals surface area contributed by atoms with Crippen molar-refractivity contribution in [1.29, 1.82) is 0 Å². The molecule has 1 aliphatic rings. The number of ether oxygens (including phenoxy) is 2. The first-order chi connectivity index (χ1) is 15.7. The van der Waals surface area contributed by atoms with E-state index < -0.39 is 24.5 Å². The van der Waals surface area contributed by atoms with Crippen molar-refractivity contribution >= 4 is 41.0 Å². The van der Waals surface area contributed by atoms with Gasteiger partial charge in [0.05, 0.1) is 23.4 Å². The van der Waals surface area contributed by atoms with Crippen LogP contribution in [0.5, 0.6) is 0 Å². The van der Waals surface area contributed by atoms with Gasteiger partial charge in [-0.05, 0) is 54.4 Å². The Balaban J connectivity index is 1.48. The Morgan fingerprint density at radius 1 is 0.848 bits per heavy atom. The molecule has 0 radical (unpaired) electrons. The average Bonchev–Trinajstić information content (AvgIpc) is 3.14. The van der Waals surface area contributed by atoms with Crippen molar-refractivity contribution in [3.8, 4) is 0 Å². The van der Waals surface area contributed by atoms with E-state index in [1.165, 1.54) is 36.4 Å². The van der Waals surface area contributed by atoms with Crippen LogP contribution in [0, 0.1) is 5.92 Å². The Hall–Kier alpha value is -4.01. The van der Waals surface area contributed by atoms with Crippen LogP contribution in [0.4, 0.5) is 11.4 Å². The minimum absolute atomic E-state index is 0.169. The zero-order valence-corrected chi connectivity index (χ0v) is 18.3. The molecule has 0 aromatic heterocycles. The number of rotatable bonds is 8. The number of benzene rings is 2. The number of carbonyl (C=O) groups is 5. The van der Waals surface area contributed by atoms with Gasteiger partial charge in [-0.3, -0.25) is 19.3 Å². The van der Waals surface area contributed by atoms with E-state index in [0.717, 1.165) is 4.90 Å². The number of amides is 3. The summed E-state index contributed by atoms with van der Waals surface area (Å²) in [4.78, 5) is 60.8. The summed E-state index contributed by atoms with van der Waals surface area (Å²) in [7, 11) is 0. The summed E-state index contributed by atoms with van der Waals surface area (Å²) in [6, 6.07) is 12.0. The molecule has 1 fully saturated rings. The first kappa shape index (κ1) is 23.6. The SMILES string of the molecule is CC(C)COC(=O)c1ccc(NC(=O)COC(=O)c2ccc(N3C(=O)CCC3=O)cc2)cc1. The lowest BCUT2D eigenvalue weighted by molar-refractivity contribution is -0.121. The van der Waals surface area contributed by atoms with Crippen molar-refractivity contribution in [3.05, 3.63) is 59.7 Å². The van der Waals surface area contributed by atoms with Gasteiger partial charge >= 0.3 is 11.9 Å².